The van der Waals surface area contributed by atoms with E-state index in [-0.39, 0.29) is 5.75 Å². The van der Waals surface area contributed by atoms with E-state index in [9.17, 15) is 9.50 Å². The SMILES string of the molecule is CCCC(CC(F)Cc1ccc(O)cc1)C1CCC(C)CC1. The molecule has 0 radical (unpaired) electrons. The molecule has 2 heteroatoms. The van der Waals surface area contributed by atoms with Gasteiger partial charge in [0, 0.05) is 6.42 Å². The highest BCUT2D eigenvalue weighted by Gasteiger charge is 2.27. The second kappa shape index (κ2) is 8.55. The molecule has 0 aliphatic heterocycles. The fourth-order valence-electron chi connectivity index (χ4n) is 3.97. The Bertz CT molecular complexity index is 420. The summed E-state index contributed by atoms with van der Waals surface area (Å²) in [6.07, 6.45) is 7.95. The second-order valence-corrected chi connectivity index (χ2v) is 7.27. The zero-order valence-electron chi connectivity index (χ0n) is 14.1. The van der Waals surface area contributed by atoms with Crippen LogP contribution in [-0.4, -0.2) is 11.3 Å². The molecule has 2 rings (SSSR count). The van der Waals surface area contributed by atoms with E-state index in [1.165, 1.54) is 25.7 Å². The Hall–Kier alpha value is -1.05. The first-order valence-electron chi connectivity index (χ1n) is 9.00. The van der Waals surface area contributed by atoms with E-state index in [1.807, 2.05) is 12.1 Å². The number of alkyl halides is 1. The summed E-state index contributed by atoms with van der Waals surface area (Å²) in [5.41, 5.74) is 0.984. The third-order valence-corrected chi connectivity index (χ3v) is 5.34. The summed E-state index contributed by atoms with van der Waals surface area (Å²) in [7, 11) is 0. The molecule has 1 aliphatic carbocycles. The van der Waals surface area contributed by atoms with Gasteiger partial charge in [-0.2, -0.15) is 0 Å². The van der Waals surface area contributed by atoms with Crippen molar-refractivity contribution in [2.75, 3.05) is 0 Å². The van der Waals surface area contributed by atoms with Gasteiger partial charge >= 0.3 is 0 Å². The number of phenolic OH excluding ortho intramolecular Hbond substituents is 1. The standard InChI is InChI=1S/C20H31FO/c1-3-4-18(17-9-5-15(2)6-10-17)14-19(21)13-16-7-11-20(22)12-8-16/h7-8,11-12,15,17-19,22H,3-6,9-10,13-14H2,1-2H3. The maximum absolute atomic E-state index is 14.5. The summed E-state index contributed by atoms with van der Waals surface area (Å²) < 4.78 is 14.5. The van der Waals surface area contributed by atoms with Crippen LogP contribution in [0.15, 0.2) is 24.3 Å². The van der Waals surface area contributed by atoms with Gasteiger partial charge in [0.25, 0.3) is 0 Å². The molecule has 0 saturated heterocycles. The van der Waals surface area contributed by atoms with Crippen LogP contribution in [0.1, 0.15) is 64.4 Å². The molecule has 0 bridgehead atoms. The third kappa shape index (κ3) is 5.30. The predicted octanol–water partition coefficient (Wildman–Crippen LogP) is 5.91. The number of benzene rings is 1. The Morgan fingerprint density at radius 1 is 1.14 bits per heavy atom. The van der Waals surface area contributed by atoms with E-state index in [4.69, 9.17) is 0 Å². The van der Waals surface area contributed by atoms with Crippen LogP contribution >= 0.6 is 0 Å². The summed E-state index contributed by atoms with van der Waals surface area (Å²) in [4.78, 5) is 0. The molecule has 1 fully saturated rings. The molecule has 124 valence electrons. The number of hydrogen-bond donors (Lipinski definition) is 1. The van der Waals surface area contributed by atoms with Crippen LogP contribution in [0.4, 0.5) is 4.39 Å². The molecule has 22 heavy (non-hydrogen) atoms. The van der Waals surface area contributed by atoms with Crippen molar-refractivity contribution >= 4 is 0 Å². The van der Waals surface area contributed by atoms with Gasteiger partial charge in [0.05, 0.1) is 0 Å². The Labute approximate surface area is 134 Å². The Balaban J connectivity index is 1.87. The van der Waals surface area contributed by atoms with E-state index < -0.39 is 6.17 Å². The van der Waals surface area contributed by atoms with Gasteiger partial charge in [-0.1, -0.05) is 51.7 Å². The topological polar surface area (TPSA) is 20.2 Å². The van der Waals surface area contributed by atoms with E-state index in [1.54, 1.807) is 12.1 Å². The molecule has 1 aliphatic rings. The van der Waals surface area contributed by atoms with Crippen LogP contribution in [0.2, 0.25) is 0 Å². The molecule has 1 saturated carbocycles. The highest BCUT2D eigenvalue weighted by atomic mass is 19.1. The van der Waals surface area contributed by atoms with Crippen molar-refractivity contribution in [3.05, 3.63) is 29.8 Å². The van der Waals surface area contributed by atoms with Crippen molar-refractivity contribution in [1.82, 2.24) is 0 Å². The number of phenols is 1. The van der Waals surface area contributed by atoms with Crippen molar-refractivity contribution in [3.63, 3.8) is 0 Å². The van der Waals surface area contributed by atoms with Gasteiger partial charge in [-0.25, -0.2) is 4.39 Å². The quantitative estimate of drug-likeness (QED) is 0.664. The van der Waals surface area contributed by atoms with Gasteiger partial charge in [-0.3, -0.25) is 0 Å². The highest BCUT2D eigenvalue weighted by molar-refractivity contribution is 5.26. The number of hydrogen-bond acceptors (Lipinski definition) is 1. The lowest BCUT2D eigenvalue weighted by Gasteiger charge is -2.33. The molecule has 0 amide bonds. The first-order valence-corrected chi connectivity index (χ1v) is 9.00. The van der Waals surface area contributed by atoms with Crippen LogP contribution in [0.5, 0.6) is 5.75 Å². The Morgan fingerprint density at radius 2 is 1.77 bits per heavy atom. The van der Waals surface area contributed by atoms with Crippen molar-refractivity contribution in [1.29, 1.82) is 0 Å². The summed E-state index contributed by atoms with van der Waals surface area (Å²) in [6, 6.07) is 6.96. The smallest absolute Gasteiger partial charge is 0.115 e. The molecular weight excluding hydrogens is 275 g/mol. The number of halogens is 1. The Morgan fingerprint density at radius 3 is 2.36 bits per heavy atom. The zero-order chi connectivity index (χ0) is 15.9. The normalized spacial score (nSPS) is 24.9. The summed E-state index contributed by atoms with van der Waals surface area (Å²) in [5, 5.41) is 9.30. The van der Waals surface area contributed by atoms with Crippen LogP contribution in [0.3, 0.4) is 0 Å². The number of rotatable bonds is 7. The van der Waals surface area contributed by atoms with Crippen LogP contribution in [-0.2, 0) is 6.42 Å². The summed E-state index contributed by atoms with van der Waals surface area (Å²) in [6.45, 7) is 4.56. The van der Waals surface area contributed by atoms with Crippen LogP contribution < -0.4 is 0 Å². The van der Waals surface area contributed by atoms with Crippen molar-refractivity contribution in [2.24, 2.45) is 17.8 Å². The van der Waals surface area contributed by atoms with Gasteiger partial charge in [-0.05, 0) is 54.7 Å². The molecule has 2 unspecified atom stereocenters. The molecule has 1 N–H and O–H groups in total. The van der Waals surface area contributed by atoms with E-state index in [0.29, 0.717) is 18.8 Å². The van der Waals surface area contributed by atoms with Crippen molar-refractivity contribution in [3.8, 4) is 5.75 Å². The Kier molecular flexibility index (Phi) is 6.72. The molecule has 0 spiro atoms. The third-order valence-electron chi connectivity index (χ3n) is 5.34. The van der Waals surface area contributed by atoms with Gasteiger partial charge < -0.3 is 5.11 Å². The lowest BCUT2D eigenvalue weighted by Crippen LogP contribution is -2.24. The first kappa shape index (κ1) is 17.3. The largest absolute Gasteiger partial charge is 0.508 e. The van der Waals surface area contributed by atoms with Gasteiger partial charge in [0.2, 0.25) is 0 Å². The fourth-order valence-corrected chi connectivity index (χ4v) is 3.97. The molecule has 2 atom stereocenters. The van der Waals surface area contributed by atoms with E-state index >= 15 is 0 Å². The lowest BCUT2D eigenvalue weighted by atomic mass is 9.73. The predicted molar refractivity (Wildman–Crippen MR) is 90.8 cm³/mol. The maximum atomic E-state index is 14.5. The zero-order valence-corrected chi connectivity index (χ0v) is 14.1. The van der Waals surface area contributed by atoms with Crippen LogP contribution in [0.25, 0.3) is 0 Å². The molecule has 1 nitrogen and oxygen atoms in total. The number of aromatic hydroxyl groups is 1. The minimum absolute atomic E-state index is 0.249. The van der Waals surface area contributed by atoms with Crippen molar-refractivity contribution < 1.29 is 9.50 Å². The molecule has 1 aromatic carbocycles. The second-order valence-electron chi connectivity index (χ2n) is 7.27. The van der Waals surface area contributed by atoms with E-state index in [0.717, 1.165) is 30.2 Å². The van der Waals surface area contributed by atoms with Gasteiger partial charge in [0.1, 0.15) is 11.9 Å². The summed E-state index contributed by atoms with van der Waals surface area (Å²) >= 11 is 0. The fraction of sp³-hybridized carbons (Fsp3) is 0.700. The first-order chi connectivity index (χ1) is 10.6. The minimum atomic E-state index is -0.763. The van der Waals surface area contributed by atoms with Crippen LogP contribution in [0, 0.1) is 17.8 Å². The van der Waals surface area contributed by atoms with Gasteiger partial charge in [-0.15, -0.1) is 0 Å². The highest BCUT2D eigenvalue weighted by Crippen LogP contribution is 2.37. The monoisotopic (exact) mass is 306 g/mol. The average Bonchev–Trinajstić information content (AvgIpc) is 2.50. The molecular formula is C20H31FO. The van der Waals surface area contributed by atoms with E-state index in [2.05, 4.69) is 13.8 Å². The minimum Gasteiger partial charge on any atom is -0.508 e. The van der Waals surface area contributed by atoms with Crippen molar-refractivity contribution in [2.45, 2.75) is 71.4 Å². The lowest BCUT2D eigenvalue weighted by molar-refractivity contribution is 0.156. The maximum Gasteiger partial charge on any atom is 0.115 e. The summed E-state index contributed by atoms with van der Waals surface area (Å²) in [5.74, 6) is 2.38. The average molecular weight is 306 g/mol. The molecule has 0 aromatic heterocycles. The van der Waals surface area contributed by atoms with Gasteiger partial charge in [0.15, 0.2) is 0 Å². The molecule has 0 heterocycles. The molecule has 1 aromatic rings.